The molecule has 180 valence electrons. The molecule has 34 heavy (non-hydrogen) atoms. The molecule has 1 aromatic heterocycles. The first-order valence-electron chi connectivity index (χ1n) is 11.0. The average molecular weight is 499 g/mol. The lowest BCUT2D eigenvalue weighted by Crippen LogP contribution is -2.42. The first kappa shape index (κ1) is 25.8. The van der Waals surface area contributed by atoms with Crippen LogP contribution >= 0.6 is 11.3 Å². The molecule has 6 nitrogen and oxygen atoms in total. The van der Waals surface area contributed by atoms with Gasteiger partial charge in [-0.05, 0) is 35.1 Å². The molecule has 2 aromatic carbocycles. The first-order valence-corrected chi connectivity index (χ1v) is 13.4. The molecule has 3 rings (SSSR count). The Bertz CT molecular complexity index is 1130. The van der Waals surface area contributed by atoms with Crippen LogP contribution in [-0.4, -0.2) is 50.3 Å². The van der Waals surface area contributed by atoms with Crippen molar-refractivity contribution in [1.82, 2.24) is 9.21 Å². The number of benzene rings is 2. The van der Waals surface area contributed by atoms with Crippen LogP contribution in [0.4, 0.5) is 0 Å². The summed E-state index contributed by atoms with van der Waals surface area (Å²) < 4.78 is 32.7. The number of thiophene rings is 1. The minimum Gasteiger partial charge on any atom is -0.385 e. The quantitative estimate of drug-likeness (QED) is 0.323. The second-order valence-corrected chi connectivity index (χ2v) is 10.6. The summed E-state index contributed by atoms with van der Waals surface area (Å²) in [5, 5.41) is 3.14. The van der Waals surface area contributed by atoms with Crippen molar-refractivity contribution in [3.8, 4) is 0 Å². The molecule has 0 fully saturated rings. The molecule has 0 saturated carbocycles. The monoisotopic (exact) mass is 498 g/mol. The fraction of sp³-hybridized carbons (Fsp3) is 0.269. The van der Waals surface area contributed by atoms with Crippen molar-refractivity contribution < 1.29 is 17.9 Å². The zero-order valence-corrected chi connectivity index (χ0v) is 20.9. The topological polar surface area (TPSA) is 66.9 Å². The number of carbonyl (C=O) groups excluding carboxylic acids is 1. The average Bonchev–Trinajstić information content (AvgIpc) is 3.36. The molecule has 8 heteroatoms. The smallest absolute Gasteiger partial charge is 0.238 e. The van der Waals surface area contributed by atoms with Crippen molar-refractivity contribution in [3.05, 3.63) is 99.6 Å². The minimum atomic E-state index is -3.81. The molecular weight excluding hydrogens is 468 g/mol. The predicted molar refractivity (Wildman–Crippen MR) is 137 cm³/mol. The maximum absolute atomic E-state index is 13.4. The summed E-state index contributed by atoms with van der Waals surface area (Å²) in [5.74, 6) is -0.244. The summed E-state index contributed by atoms with van der Waals surface area (Å²) in [6, 6.07) is 22.9. The highest BCUT2D eigenvalue weighted by Gasteiger charge is 2.25. The molecule has 0 radical (unpaired) electrons. The number of carbonyl (C=O) groups is 1. The predicted octanol–water partition coefficient (Wildman–Crippen LogP) is 4.62. The Morgan fingerprint density at radius 1 is 0.971 bits per heavy atom. The summed E-state index contributed by atoms with van der Waals surface area (Å²) in [6.45, 7) is 1.20. The standard InChI is InChI=1S/C26H30N2O4S2/c1-32-17-9-16-28(34(30,31)19-15-23-10-4-2-5-11-23)22-26(29)27(21-25-14-8-18-33-25)20-24-12-6-3-7-13-24/h2-8,10-15,18-19H,9,16-17,20-22H2,1H3. The van der Waals surface area contributed by atoms with Gasteiger partial charge in [0.25, 0.3) is 0 Å². The van der Waals surface area contributed by atoms with Gasteiger partial charge in [0.15, 0.2) is 0 Å². The molecule has 0 saturated heterocycles. The lowest BCUT2D eigenvalue weighted by molar-refractivity contribution is -0.132. The molecule has 1 heterocycles. The Morgan fingerprint density at radius 3 is 2.32 bits per heavy atom. The molecule has 0 aliphatic heterocycles. The highest BCUT2D eigenvalue weighted by atomic mass is 32.2. The van der Waals surface area contributed by atoms with Crippen LogP contribution in [0.25, 0.3) is 6.08 Å². The van der Waals surface area contributed by atoms with Crippen molar-refractivity contribution in [2.45, 2.75) is 19.5 Å². The Hall–Kier alpha value is -2.78. The summed E-state index contributed by atoms with van der Waals surface area (Å²) >= 11 is 1.57. The zero-order chi connectivity index (χ0) is 24.2. The number of methoxy groups -OCH3 is 1. The molecule has 0 spiro atoms. The first-order chi connectivity index (χ1) is 16.5. The second kappa shape index (κ2) is 13.2. The van der Waals surface area contributed by atoms with E-state index in [1.165, 1.54) is 9.71 Å². The van der Waals surface area contributed by atoms with E-state index in [1.54, 1.807) is 29.4 Å². The van der Waals surface area contributed by atoms with Gasteiger partial charge in [-0.25, -0.2) is 8.42 Å². The molecule has 3 aromatic rings. The van der Waals surface area contributed by atoms with Crippen LogP contribution in [0.1, 0.15) is 22.4 Å². The minimum absolute atomic E-state index is 0.194. The van der Waals surface area contributed by atoms with Crippen LogP contribution in [0, 0.1) is 0 Å². The van der Waals surface area contributed by atoms with Gasteiger partial charge in [0.1, 0.15) is 0 Å². The van der Waals surface area contributed by atoms with Crippen molar-refractivity contribution in [2.24, 2.45) is 0 Å². The number of hydrogen-bond acceptors (Lipinski definition) is 5. The van der Waals surface area contributed by atoms with Crippen molar-refractivity contribution >= 4 is 33.3 Å². The van der Waals surface area contributed by atoms with Gasteiger partial charge >= 0.3 is 0 Å². The second-order valence-electron chi connectivity index (χ2n) is 7.75. The van der Waals surface area contributed by atoms with Gasteiger partial charge in [-0.2, -0.15) is 4.31 Å². The largest absolute Gasteiger partial charge is 0.385 e. The summed E-state index contributed by atoms with van der Waals surface area (Å²) in [5.41, 5.74) is 1.77. The van der Waals surface area contributed by atoms with Crippen LogP contribution in [0.2, 0.25) is 0 Å². The van der Waals surface area contributed by atoms with E-state index in [2.05, 4.69) is 0 Å². The number of hydrogen-bond donors (Lipinski definition) is 0. The zero-order valence-electron chi connectivity index (χ0n) is 19.2. The number of amides is 1. The molecule has 0 unspecified atom stereocenters. The normalized spacial score (nSPS) is 11.8. The third-order valence-corrected chi connectivity index (χ3v) is 7.53. The maximum atomic E-state index is 13.4. The van der Waals surface area contributed by atoms with Crippen LogP contribution in [0.3, 0.4) is 0 Å². The van der Waals surface area contributed by atoms with Gasteiger partial charge in [-0.1, -0.05) is 66.7 Å². The number of nitrogens with zero attached hydrogens (tertiary/aromatic N) is 2. The van der Waals surface area contributed by atoms with Crippen molar-refractivity contribution in [3.63, 3.8) is 0 Å². The van der Waals surface area contributed by atoms with Crippen LogP contribution in [-0.2, 0) is 32.6 Å². The van der Waals surface area contributed by atoms with Gasteiger partial charge < -0.3 is 9.64 Å². The number of ether oxygens (including phenoxy) is 1. The highest BCUT2D eigenvalue weighted by molar-refractivity contribution is 7.92. The molecular formula is C26H30N2O4S2. The molecule has 0 atom stereocenters. The molecule has 0 aliphatic carbocycles. The van der Waals surface area contributed by atoms with Crippen LogP contribution < -0.4 is 0 Å². The fourth-order valence-corrected chi connectivity index (χ4v) is 5.27. The Kier molecular flexibility index (Phi) is 10.0. The van der Waals surface area contributed by atoms with Crippen molar-refractivity contribution in [2.75, 3.05) is 26.8 Å². The van der Waals surface area contributed by atoms with Crippen molar-refractivity contribution in [1.29, 1.82) is 0 Å². The van der Waals surface area contributed by atoms with Gasteiger partial charge in [0.05, 0.1) is 13.1 Å². The van der Waals surface area contributed by atoms with E-state index in [0.717, 1.165) is 16.0 Å². The van der Waals surface area contributed by atoms with Gasteiger partial charge in [0.2, 0.25) is 15.9 Å². The molecule has 0 bridgehead atoms. The third kappa shape index (κ3) is 8.22. The molecule has 0 aliphatic rings. The number of sulfonamides is 1. The SMILES string of the molecule is COCCCN(CC(=O)N(Cc1ccccc1)Cc1cccs1)S(=O)(=O)C=Cc1ccccc1. The van der Waals surface area contributed by atoms with Crippen LogP contribution in [0.5, 0.6) is 0 Å². The number of rotatable bonds is 13. The van der Waals surface area contributed by atoms with E-state index >= 15 is 0 Å². The van der Waals surface area contributed by atoms with E-state index in [0.29, 0.717) is 26.1 Å². The van der Waals surface area contributed by atoms with E-state index in [9.17, 15) is 13.2 Å². The molecule has 1 amide bonds. The van der Waals surface area contributed by atoms with Gasteiger partial charge in [0, 0.05) is 37.1 Å². The van der Waals surface area contributed by atoms with E-state index in [-0.39, 0.29) is 19.0 Å². The lowest BCUT2D eigenvalue weighted by atomic mass is 10.2. The fourth-order valence-electron chi connectivity index (χ4n) is 3.37. The maximum Gasteiger partial charge on any atom is 0.238 e. The Morgan fingerprint density at radius 2 is 1.68 bits per heavy atom. The summed E-state index contributed by atoms with van der Waals surface area (Å²) in [4.78, 5) is 16.2. The summed E-state index contributed by atoms with van der Waals surface area (Å²) in [7, 11) is -2.24. The third-order valence-electron chi connectivity index (χ3n) is 5.16. The van der Waals surface area contributed by atoms with E-state index < -0.39 is 10.0 Å². The van der Waals surface area contributed by atoms with E-state index in [4.69, 9.17) is 4.74 Å². The lowest BCUT2D eigenvalue weighted by Gasteiger charge is -2.26. The van der Waals surface area contributed by atoms with E-state index in [1.807, 2.05) is 78.2 Å². The Labute approximate surface area is 206 Å². The molecule has 0 N–H and O–H groups in total. The van der Waals surface area contributed by atoms with Crippen LogP contribution in [0.15, 0.2) is 83.6 Å². The Balaban J connectivity index is 1.79. The summed E-state index contributed by atoms with van der Waals surface area (Å²) in [6.07, 6.45) is 2.04. The van der Waals surface area contributed by atoms with Gasteiger partial charge in [-0.15, -0.1) is 11.3 Å². The van der Waals surface area contributed by atoms with Gasteiger partial charge in [-0.3, -0.25) is 4.79 Å². The highest BCUT2D eigenvalue weighted by Crippen LogP contribution is 2.16.